The van der Waals surface area contributed by atoms with Gasteiger partial charge in [-0.15, -0.1) is 0 Å². The highest BCUT2D eigenvalue weighted by Crippen LogP contribution is 2.24. The number of rotatable bonds is 1. The summed E-state index contributed by atoms with van der Waals surface area (Å²) in [7, 11) is 1.36. The molecule has 0 aromatic heterocycles. The summed E-state index contributed by atoms with van der Waals surface area (Å²) in [5.74, 6) is -0.201. The molecular formula is C14H23NO4. The molecule has 0 aliphatic carbocycles. The Morgan fingerprint density at radius 3 is 2.47 bits per heavy atom. The highest BCUT2D eigenvalue weighted by Gasteiger charge is 2.28. The van der Waals surface area contributed by atoms with Crippen molar-refractivity contribution in [1.82, 2.24) is 4.90 Å². The molecule has 1 atom stereocenters. The molecule has 1 saturated heterocycles. The maximum absolute atomic E-state index is 11.9. The van der Waals surface area contributed by atoms with Crippen LogP contribution in [0.15, 0.2) is 11.6 Å². The van der Waals surface area contributed by atoms with Crippen molar-refractivity contribution in [3.8, 4) is 0 Å². The second-order valence-electron chi connectivity index (χ2n) is 5.82. The number of carbonyl (C=O) groups is 2. The summed E-state index contributed by atoms with van der Waals surface area (Å²) >= 11 is 0. The minimum Gasteiger partial charge on any atom is -0.466 e. The Bertz CT molecular complexity index is 381. The van der Waals surface area contributed by atoms with Crippen LogP contribution in [0, 0.1) is 5.92 Å². The topological polar surface area (TPSA) is 55.8 Å². The molecule has 0 aromatic carbocycles. The first-order chi connectivity index (χ1) is 8.73. The summed E-state index contributed by atoms with van der Waals surface area (Å²) in [5, 5.41) is 0. The van der Waals surface area contributed by atoms with Gasteiger partial charge in [0.2, 0.25) is 0 Å². The zero-order valence-electron chi connectivity index (χ0n) is 12.4. The Morgan fingerprint density at radius 2 is 2.00 bits per heavy atom. The monoisotopic (exact) mass is 269 g/mol. The highest BCUT2D eigenvalue weighted by molar-refractivity contribution is 5.82. The van der Waals surface area contributed by atoms with Crippen LogP contribution < -0.4 is 0 Å². The third kappa shape index (κ3) is 4.93. The largest absolute Gasteiger partial charge is 0.466 e. The number of carbonyl (C=O) groups excluding carboxylic acids is 2. The SMILES string of the molecule is COC(=O)C=C1CCN(C(=O)OC(C)(C)C)CC1C. The number of methoxy groups -OCH3 is 1. The molecule has 1 fully saturated rings. The summed E-state index contributed by atoms with van der Waals surface area (Å²) in [6.45, 7) is 8.67. The predicted octanol–water partition coefficient (Wildman–Crippen LogP) is 2.36. The molecule has 0 spiro atoms. The summed E-state index contributed by atoms with van der Waals surface area (Å²) in [4.78, 5) is 24.8. The lowest BCUT2D eigenvalue weighted by atomic mass is 9.93. The summed E-state index contributed by atoms with van der Waals surface area (Å²) in [6.07, 6.45) is 1.91. The zero-order chi connectivity index (χ0) is 14.6. The lowest BCUT2D eigenvalue weighted by Crippen LogP contribution is -2.43. The van der Waals surface area contributed by atoms with Crippen LogP contribution in [0.4, 0.5) is 4.79 Å². The molecule has 5 heteroatoms. The normalized spacial score (nSPS) is 22.3. The molecule has 0 radical (unpaired) electrons. The van der Waals surface area contributed by atoms with Gasteiger partial charge in [-0.05, 0) is 33.1 Å². The first kappa shape index (κ1) is 15.5. The fraction of sp³-hybridized carbons (Fsp3) is 0.714. The fourth-order valence-electron chi connectivity index (χ4n) is 1.97. The standard InChI is InChI=1S/C14H23NO4/c1-10-9-15(13(17)19-14(2,3)4)7-6-11(10)8-12(16)18-5/h8,10H,6-7,9H2,1-5H3. The van der Waals surface area contributed by atoms with Crippen LogP contribution in [0.5, 0.6) is 0 Å². The Hall–Kier alpha value is -1.52. The van der Waals surface area contributed by atoms with E-state index < -0.39 is 5.60 Å². The number of ether oxygens (including phenoxy) is 2. The van der Waals surface area contributed by atoms with E-state index >= 15 is 0 Å². The van der Waals surface area contributed by atoms with Crippen molar-refractivity contribution in [2.45, 2.75) is 39.7 Å². The van der Waals surface area contributed by atoms with Gasteiger partial charge in [-0.1, -0.05) is 12.5 Å². The third-order valence-electron chi connectivity index (χ3n) is 2.95. The summed E-state index contributed by atoms with van der Waals surface area (Å²) < 4.78 is 9.96. The van der Waals surface area contributed by atoms with Crippen molar-refractivity contribution >= 4 is 12.1 Å². The van der Waals surface area contributed by atoms with Crippen molar-refractivity contribution in [2.24, 2.45) is 5.92 Å². The minimum atomic E-state index is -0.484. The Kier molecular flexibility index (Phi) is 4.97. The van der Waals surface area contributed by atoms with E-state index in [-0.39, 0.29) is 18.0 Å². The van der Waals surface area contributed by atoms with Crippen LogP contribution in [-0.2, 0) is 14.3 Å². The first-order valence-corrected chi connectivity index (χ1v) is 6.49. The van der Waals surface area contributed by atoms with Crippen molar-refractivity contribution in [2.75, 3.05) is 20.2 Å². The molecule has 0 aromatic rings. The number of esters is 1. The Morgan fingerprint density at radius 1 is 1.37 bits per heavy atom. The quantitative estimate of drug-likeness (QED) is 0.541. The predicted molar refractivity (Wildman–Crippen MR) is 71.7 cm³/mol. The van der Waals surface area contributed by atoms with Crippen LogP contribution in [0.3, 0.4) is 0 Å². The van der Waals surface area contributed by atoms with Crippen molar-refractivity contribution in [1.29, 1.82) is 0 Å². The average molecular weight is 269 g/mol. The van der Waals surface area contributed by atoms with E-state index in [1.165, 1.54) is 13.2 Å². The van der Waals surface area contributed by atoms with Gasteiger partial charge >= 0.3 is 12.1 Å². The zero-order valence-corrected chi connectivity index (χ0v) is 12.4. The second-order valence-corrected chi connectivity index (χ2v) is 5.82. The number of nitrogens with zero attached hydrogens (tertiary/aromatic N) is 1. The Labute approximate surface area is 114 Å². The number of likely N-dealkylation sites (tertiary alicyclic amines) is 1. The van der Waals surface area contributed by atoms with Crippen LogP contribution in [0.25, 0.3) is 0 Å². The highest BCUT2D eigenvalue weighted by atomic mass is 16.6. The molecular weight excluding hydrogens is 246 g/mol. The van der Waals surface area contributed by atoms with E-state index in [4.69, 9.17) is 4.74 Å². The molecule has 1 unspecified atom stereocenters. The van der Waals surface area contributed by atoms with Crippen LogP contribution in [-0.4, -0.2) is 42.8 Å². The fourth-order valence-corrected chi connectivity index (χ4v) is 1.97. The molecule has 1 amide bonds. The number of piperidine rings is 1. The van der Waals surface area contributed by atoms with Crippen LogP contribution in [0.1, 0.15) is 34.1 Å². The molecule has 108 valence electrons. The number of hydrogen-bond donors (Lipinski definition) is 0. The van der Waals surface area contributed by atoms with Gasteiger partial charge in [-0.3, -0.25) is 0 Å². The van der Waals surface area contributed by atoms with Crippen LogP contribution >= 0.6 is 0 Å². The number of hydrogen-bond acceptors (Lipinski definition) is 4. The van der Waals surface area contributed by atoms with Gasteiger partial charge in [-0.25, -0.2) is 9.59 Å². The lowest BCUT2D eigenvalue weighted by molar-refractivity contribution is -0.134. The van der Waals surface area contributed by atoms with E-state index in [0.717, 1.165) is 5.57 Å². The van der Waals surface area contributed by atoms with Gasteiger partial charge in [0.25, 0.3) is 0 Å². The van der Waals surface area contributed by atoms with E-state index in [9.17, 15) is 9.59 Å². The van der Waals surface area contributed by atoms with Crippen LogP contribution in [0.2, 0.25) is 0 Å². The van der Waals surface area contributed by atoms with Gasteiger partial charge in [0.05, 0.1) is 7.11 Å². The minimum absolute atomic E-state index is 0.139. The molecule has 1 aliphatic rings. The van der Waals surface area contributed by atoms with E-state index in [1.807, 2.05) is 27.7 Å². The van der Waals surface area contributed by atoms with Crippen molar-refractivity contribution in [3.05, 3.63) is 11.6 Å². The van der Waals surface area contributed by atoms with E-state index in [0.29, 0.717) is 19.5 Å². The van der Waals surface area contributed by atoms with E-state index in [1.54, 1.807) is 4.90 Å². The molecule has 19 heavy (non-hydrogen) atoms. The van der Waals surface area contributed by atoms with Crippen molar-refractivity contribution < 1.29 is 19.1 Å². The molecule has 5 nitrogen and oxygen atoms in total. The second kappa shape index (κ2) is 6.08. The maximum atomic E-state index is 11.9. The molecule has 1 aliphatic heterocycles. The molecule has 0 bridgehead atoms. The average Bonchev–Trinajstić information content (AvgIpc) is 2.29. The molecule has 1 heterocycles. The van der Waals surface area contributed by atoms with Gasteiger partial charge in [0, 0.05) is 19.2 Å². The molecule has 0 N–H and O–H groups in total. The smallest absolute Gasteiger partial charge is 0.410 e. The Balaban J connectivity index is 2.61. The molecule has 1 rings (SSSR count). The third-order valence-corrected chi connectivity index (χ3v) is 2.95. The first-order valence-electron chi connectivity index (χ1n) is 6.49. The maximum Gasteiger partial charge on any atom is 0.410 e. The summed E-state index contributed by atoms with van der Waals surface area (Å²) in [6, 6.07) is 0. The van der Waals surface area contributed by atoms with Gasteiger partial charge in [0.1, 0.15) is 5.60 Å². The van der Waals surface area contributed by atoms with E-state index in [2.05, 4.69) is 4.74 Å². The number of amides is 1. The summed E-state index contributed by atoms with van der Waals surface area (Å²) in [5.41, 5.74) is 0.536. The van der Waals surface area contributed by atoms with Gasteiger partial charge < -0.3 is 14.4 Å². The van der Waals surface area contributed by atoms with Crippen molar-refractivity contribution in [3.63, 3.8) is 0 Å². The molecule has 0 saturated carbocycles. The lowest BCUT2D eigenvalue weighted by Gasteiger charge is -2.34. The van der Waals surface area contributed by atoms with Gasteiger partial charge in [0.15, 0.2) is 0 Å². The van der Waals surface area contributed by atoms with Gasteiger partial charge in [-0.2, -0.15) is 0 Å².